The zero-order valence-corrected chi connectivity index (χ0v) is 11.4. The van der Waals surface area contributed by atoms with Crippen molar-refractivity contribution in [1.82, 2.24) is 10.2 Å². The summed E-state index contributed by atoms with van der Waals surface area (Å²) in [6, 6.07) is 0. The molecule has 2 atom stereocenters. The molecule has 0 aromatic heterocycles. The van der Waals surface area contributed by atoms with Crippen molar-refractivity contribution in [2.24, 2.45) is 5.92 Å². The van der Waals surface area contributed by atoms with Crippen molar-refractivity contribution in [3.63, 3.8) is 0 Å². The minimum absolute atomic E-state index is 0. The van der Waals surface area contributed by atoms with Crippen LogP contribution in [-0.4, -0.2) is 48.0 Å². The van der Waals surface area contributed by atoms with E-state index in [0.717, 1.165) is 38.4 Å². The number of halogens is 1. The number of hydrogen-bond acceptors (Lipinski definition) is 3. The molecule has 2 aliphatic rings. The highest BCUT2D eigenvalue weighted by Gasteiger charge is 2.30. The molecule has 2 unspecified atom stereocenters. The van der Waals surface area contributed by atoms with Crippen molar-refractivity contribution in [3.05, 3.63) is 0 Å². The molecule has 0 aromatic rings. The molecule has 0 aromatic carbocycles. The van der Waals surface area contributed by atoms with Crippen molar-refractivity contribution < 1.29 is 4.79 Å². The van der Waals surface area contributed by atoms with E-state index in [4.69, 9.17) is 0 Å². The lowest BCUT2D eigenvalue weighted by molar-refractivity contribution is -0.134. The Morgan fingerprint density at radius 2 is 2.38 bits per heavy atom. The van der Waals surface area contributed by atoms with Crippen LogP contribution >= 0.6 is 24.2 Å². The predicted octanol–water partition coefficient (Wildman–Crippen LogP) is 1.37. The maximum Gasteiger partial charge on any atom is 0.227 e. The number of nitrogens with one attached hydrogen (secondary N) is 1. The third-order valence-corrected chi connectivity index (χ3v) is 4.69. The summed E-state index contributed by atoms with van der Waals surface area (Å²) >= 11 is 2.02. The topological polar surface area (TPSA) is 32.3 Å². The fraction of sp³-hybridized carbons (Fsp3) is 0.909. The summed E-state index contributed by atoms with van der Waals surface area (Å²) in [6.45, 7) is 6.03. The summed E-state index contributed by atoms with van der Waals surface area (Å²) in [5.74, 6) is 1.76. The van der Waals surface area contributed by atoms with Crippen molar-refractivity contribution >= 4 is 30.1 Å². The smallest absolute Gasteiger partial charge is 0.227 e. The third-order valence-electron chi connectivity index (χ3n) is 3.32. The molecule has 0 saturated carbocycles. The molecule has 0 aliphatic carbocycles. The molecule has 1 amide bonds. The lowest BCUT2D eigenvalue weighted by Gasteiger charge is -2.33. The van der Waals surface area contributed by atoms with Gasteiger partial charge in [-0.15, -0.1) is 12.4 Å². The average molecular weight is 265 g/mol. The summed E-state index contributed by atoms with van der Waals surface area (Å²) in [5.41, 5.74) is 0. The van der Waals surface area contributed by atoms with E-state index in [-0.39, 0.29) is 18.3 Å². The highest BCUT2D eigenvalue weighted by atomic mass is 35.5. The van der Waals surface area contributed by atoms with Gasteiger partial charge in [-0.2, -0.15) is 11.8 Å². The molecule has 0 bridgehead atoms. The van der Waals surface area contributed by atoms with E-state index in [0.29, 0.717) is 11.2 Å². The van der Waals surface area contributed by atoms with E-state index in [9.17, 15) is 4.79 Å². The second kappa shape index (κ2) is 6.72. The van der Waals surface area contributed by atoms with Crippen LogP contribution in [0.2, 0.25) is 0 Å². The van der Waals surface area contributed by atoms with Crippen LogP contribution in [0.3, 0.4) is 0 Å². The normalized spacial score (nSPS) is 29.9. The van der Waals surface area contributed by atoms with Crippen LogP contribution in [0.5, 0.6) is 0 Å². The average Bonchev–Trinajstić information content (AvgIpc) is 2.81. The molecule has 0 spiro atoms. The minimum atomic E-state index is 0. The highest BCUT2D eigenvalue weighted by molar-refractivity contribution is 8.00. The standard InChI is InChI=1S/C11H20N2OS.ClH/c1-2-10-8-13(5-6-15-10)11(14)9-3-4-12-7-9;/h9-10,12H,2-8H2,1H3;1H. The van der Waals surface area contributed by atoms with Gasteiger partial charge in [0.1, 0.15) is 0 Å². The Morgan fingerprint density at radius 3 is 3.00 bits per heavy atom. The molecule has 3 nitrogen and oxygen atoms in total. The molecule has 94 valence electrons. The van der Waals surface area contributed by atoms with Crippen LogP contribution in [0, 0.1) is 5.92 Å². The molecule has 16 heavy (non-hydrogen) atoms. The van der Waals surface area contributed by atoms with E-state index in [1.165, 1.54) is 6.42 Å². The molecule has 2 saturated heterocycles. The van der Waals surface area contributed by atoms with Gasteiger partial charge in [-0.25, -0.2) is 0 Å². The first-order valence-corrected chi connectivity index (χ1v) is 6.97. The van der Waals surface area contributed by atoms with Crippen molar-refractivity contribution in [2.45, 2.75) is 25.0 Å². The molecule has 1 N–H and O–H groups in total. The summed E-state index contributed by atoms with van der Waals surface area (Å²) in [5, 5.41) is 3.93. The van der Waals surface area contributed by atoms with Gasteiger partial charge in [-0.1, -0.05) is 6.92 Å². The number of nitrogens with zero attached hydrogens (tertiary/aromatic N) is 1. The van der Waals surface area contributed by atoms with E-state index in [1.54, 1.807) is 0 Å². The number of carbonyl (C=O) groups is 1. The fourth-order valence-corrected chi connectivity index (χ4v) is 3.47. The molecular formula is C11H21ClN2OS. The second-order valence-corrected chi connectivity index (χ2v) is 5.78. The van der Waals surface area contributed by atoms with Crippen molar-refractivity contribution in [2.75, 3.05) is 31.9 Å². The van der Waals surface area contributed by atoms with Gasteiger partial charge >= 0.3 is 0 Å². The monoisotopic (exact) mass is 264 g/mol. The van der Waals surface area contributed by atoms with Crippen LogP contribution in [0.1, 0.15) is 19.8 Å². The zero-order chi connectivity index (χ0) is 10.7. The molecule has 2 aliphatic heterocycles. The maximum absolute atomic E-state index is 12.1. The predicted molar refractivity (Wildman–Crippen MR) is 71.3 cm³/mol. The van der Waals surface area contributed by atoms with Gasteiger partial charge < -0.3 is 10.2 Å². The SMILES string of the molecule is CCC1CN(C(=O)C2CCNC2)CCS1.Cl. The lowest BCUT2D eigenvalue weighted by Crippen LogP contribution is -2.45. The van der Waals surface area contributed by atoms with Gasteiger partial charge in [0.15, 0.2) is 0 Å². The van der Waals surface area contributed by atoms with E-state index < -0.39 is 0 Å². The number of hydrogen-bond donors (Lipinski definition) is 1. The van der Waals surface area contributed by atoms with Crippen LogP contribution < -0.4 is 5.32 Å². The van der Waals surface area contributed by atoms with E-state index in [2.05, 4.69) is 17.1 Å². The summed E-state index contributed by atoms with van der Waals surface area (Å²) in [4.78, 5) is 14.2. The Morgan fingerprint density at radius 1 is 1.56 bits per heavy atom. The molecule has 0 radical (unpaired) electrons. The van der Waals surface area contributed by atoms with Gasteiger partial charge in [-0.05, 0) is 19.4 Å². The number of thioether (sulfide) groups is 1. The first-order chi connectivity index (χ1) is 7.31. The molecule has 2 fully saturated rings. The maximum atomic E-state index is 12.1. The molecule has 2 rings (SSSR count). The quantitative estimate of drug-likeness (QED) is 0.818. The van der Waals surface area contributed by atoms with E-state index >= 15 is 0 Å². The lowest BCUT2D eigenvalue weighted by atomic mass is 10.1. The van der Waals surface area contributed by atoms with Gasteiger partial charge in [0.05, 0.1) is 5.92 Å². The Hall–Kier alpha value is 0.0700. The molecule has 2 heterocycles. The first kappa shape index (κ1) is 14.1. The van der Waals surface area contributed by atoms with Crippen LogP contribution in [0.4, 0.5) is 0 Å². The zero-order valence-electron chi connectivity index (χ0n) is 9.78. The van der Waals surface area contributed by atoms with Crippen molar-refractivity contribution in [3.8, 4) is 0 Å². The fourth-order valence-electron chi connectivity index (χ4n) is 2.29. The number of rotatable bonds is 2. The van der Waals surface area contributed by atoms with Crippen LogP contribution in [0.25, 0.3) is 0 Å². The third kappa shape index (κ3) is 3.28. The Kier molecular flexibility index (Phi) is 5.94. The van der Waals surface area contributed by atoms with Crippen molar-refractivity contribution in [1.29, 1.82) is 0 Å². The Bertz CT molecular complexity index is 234. The second-order valence-electron chi connectivity index (χ2n) is 4.38. The Labute approximate surface area is 108 Å². The van der Waals surface area contributed by atoms with Gasteiger partial charge in [0, 0.05) is 30.6 Å². The van der Waals surface area contributed by atoms with Gasteiger partial charge in [0.2, 0.25) is 5.91 Å². The van der Waals surface area contributed by atoms with E-state index in [1.807, 2.05) is 11.8 Å². The summed E-state index contributed by atoms with van der Waals surface area (Å²) in [7, 11) is 0. The number of carbonyl (C=O) groups excluding carboxylic acids is 1. The van der Waals surface area contributed by atoms with Gasteiger partial charge in [-0.3, -0.25) is 4.79 Å². The first-order valence-electron chi connectivity index (χ1n) is 5.92. The molecule has 5 heteroatoms. The highest BCUT2D eigenvalue weighted by Crippen LogP contribution is 2.23. The summed E-state index contributed by atoms with van der Waals surface area (Å²) < 4.78 is 0. The van der Waals surface area contributed by atoms with Crippen LogP contribution in [-0.2, 0) is 4.79 Å². The van der Waals surface area contributed by atoms with Gasteiger partial charge in [0.25, 0.3) is 0 Å². The number of amides is 1. The largest absolute Gasteiger partial charge is 0.340 e. The minimum Gasteiger partial charge on any atom is -0.340 e. The molecular weight excluding hydrogens is 244 g/mol. The summed E-state index contributed by atoms with van der Waals surface area (Å²) in [6.07, 6.45) is 2.20. The Balaban J connectivity index is 0.00000128. The van der Waals surface area contributed by atoms with Crippen LogP contribution in [0.15, 0.2) is 0 Å².